The van der Waals surface area contributed by atoms with Gasteiger partial charge in [0.25, 0.3) is 0 Å². The van der Waals surface area contributed by atoms with Crippen LogP contribution >= 0.6 is 23.2 Å². The number of rotatable bonds is 3. The molecule has 21 heavy (non-hydrogen) atoms. The zero-order valence-corrected chi connectivity index (χ0v) is 13.7. The molecule has 4 nitrogen and oxygen atoms in total. The summed E-state index contributed by atoms with van der Waals surface area (Å²) in [4.78, 5) is 14.5. The molecule has 1 aromatic carbocycles. The minimum Gasteiger partial charge on any atom is -0.464 e. The van der Waals surface area contributed by atoms with Gasteiger partial charge in [0.1, 0.15) is 0 Å². The number of ether oxygens (including phenoxy) is 1. The molecule has 1 aromatic rings. The molecule has 1 heterocycles. The van der Waals surface area contributed by atoms with Gasteiger partial charge in [0.15, 0.2) is 5.54 Å². The van der Waals surface area contributed by atoms with Crippen LogP contribution in [0.2, 0.25) is 10.0 Å². The first-order valence-corrected chi connectivity index (χ1v) is 7.41. The Morgan fingerprint density at radius 1 is 1.48 bits per heavy atom. The molecule has 0 amide bonds. The molecule has 114 valence electrons. The summed E-state index contributed by atoms with van der Waals surface area (Å²) in [5, 5.41) is 0.891. The quantitative estimate of drug-likeness (QED) is 0.867. The van der Waals surface area contributed by atoms with E-state index in [9.17, 15) is 4.79 Å². The van der Waals surface area contributed by atoms with Crippen molar-refractivity contribution in [3.63, 3.8) is 0 Å². The second kappa shape index (κ2) is 5.87. The number of benzene rings is 1. The van der Waals surface area contributed by atoms with E-state index in [1.54, 1.807) is 32.2 Å². The van der Waals surface area contributed by atoms with E-state index in [1.165, 1.54) is 0 Å². The lowest BCUT2D eigenvalue weighted by atomic mass is 9.83. The van der Waals surface area contributed by atoms with Gasteiger partial charge in [-0.1, -0.05) is 29.3 Å². The van der Waals surface area contributed by atoms with Crippen LogP contribution in [0.15, 0.2) is 30.0 Å². The number of nitrogens with two attached hydrogens (primary N) is 1. The maximum Gasteiger partial charge on any atom is 0.338 e. The van der Waals surface area contributed by atoms with Crippen molar-refractivity contribution in [1.82, 2.24) is 4.90 Å². The van der Waals surface area contributed by atoms with E-state index in [-0.39, 0.29) is 6.61 Å². The molecule has 0 saturated carbocycles. The number of carbonyl (C=O) groups excluding carboxylic acids is 1. The van der Waals surface area contributed by atoms with Crippen LogP contribution in [0, 0.1) is 0 Å². The van der Waals surface area contributed by atoms with E-state index >= 15 is 0 Å². The van der Waals surface area contributed by atoms with Crippen LogP contribution in [0.1, 0.15) is 19.4 Å². The number of hydrogen-bond acceptors (Lipinski definition) is 4. The molecule has 0 aromatic heterocycles. The van der Waals surface area contributed by atoms with Gasteiger partial charge in [-0.25, -0.2) is 4.79 Å². The summed E-state index contributed by atoms with van der Waals surface area (Å²) in [6.07, 6.45) is 1.84. The smallest absolute Gasteiger partial charge is 0.338 e. The van der Waals surface area contributed by atoms with Gasteiger partial charge in [-0.3, -0.25) is 0 Å². The van der Waals surface area contributed by atoms with Gasteiger partial charge in [0.2, 0.25) is 0 Å². The number of nitrogens with zero attached hydrogens (tertiary/aromatic N) is 1. The van der Waals surface area contributed by atoms with Crippen LogP contribution in [0.25, 0.3) is 0 Å². The highest BCUT2D eigenvalue weighted by Crippen LogP contribution is 2.43. The van der Waals surface area contributed by atoms with Crippen LogP contribution in [-0.2, 0) is 15.1 Å². The Bertz CT molecular complexity index is 603. The number of halogens is 2. The van der Waals surface area contributed by atoms with Gasteiger partial charge in [-0.15, -0.1) is 0 Å². The summed E-state index contributed by atoms with van der Waals surface area (Å²) < 4.78 is 5.27. The van der Waals surface area contributed by atoms with Crippen LogP contribution in [-0.4, -0.2) is 30.6 Å². The van der Waals surface area contributed by atoms with Crippen molar-refractivity contribution in [3.8, 4) is 0 Å². The van der Waals surface area contributed by atoms with Crippen LogP contribution in [0.5, 0.6) is 0 Å². The predicted octanol–water partition coefficient (Wildman–Crippen LogP) is 2.93. The first-order chi connectivity index (χ1) is 9.85. The highest BCUT2D eigenvalue weighted by molar-refractivity contribution is 6.35. The van der Waals surface area contributed by atoms with Crippen molar-refractivity contribution in [1.29, 1.82) is 0 Å². The molecule has 0 bridgehead atoms. The minimum absolute atomic E-state index is 0.269. The molecular weight excluding hydrogens is 311 g/mol. The molecule has 1 aliphatic heterocycles. The number of allylic oxidation sites excluding steroid dienone is 1. The lowest BCUT2D eigenvalue weighted by Gasteiger charge is -2.40. The van der Waals surface area contributed by atoms with Crippen molar-refractivity contribution in [3.05, 3.63) is 45.6 Å². The fourth-order valence-corrected chi connectivity index (χ4v) is 3.33. The summed E-state index contributed by atoms with van der Waals surface area (Å²) in [7, 11) is 1.81. The van der Waals surface area contributed by atoms with E-state index in [4.69, 9.17) is 33.7 Å². The zero-order valence-electron chi connectivity index (χ0n) is 12.2. The molecule has 6 heteroatoms. The normalized spacial score (nSPS) is 25.0. The second-order valence-electron chi connectivity index (χ2n) is 5.00. The van der Waals surface area contributed by atoms with Gasteiger partial charge in [0.05, 0.1) is 12.6 Å². The lowest BCUT2D eigenvalue weighted by molar-refractivity contribution is -0.156. The number of hydrogen-bond donors (Lipinski definition) is 1. The molecule has 0 saturated heterocycles. The summed E-state index contributed by atoms with van der Waals surface area (Å²) >= 11 is 12.3. The van der Waals surface area contributed by atoms with Crippen molar-refractivity contribution < 1.29 is 9.53 Å². The Morgan fingerprint density at radius 3 is 2.62 bits per heavy atom. The lowest BCUT2D eigenvalue weighted by Crippen LogP contribution is -2.57. The van der Waals surface area contributed by atoms with E-state index in [1.807, 2.05) is 17.9 Å². The fraction of sp³-hybridized carbons (Fsp3) is 0.400. The zero-order chi connectivity index (χ0) is 15.8. The topological polar surface area (TPSA) is 55.6 Å². The third kappa shape index (κ3) is 2.41. The van der Waals surface area contributed by atoms with E-state index in [0.717, 1.165) is 5.70 Å². The Hall–Kier alpha value is -1.23. The third-order valence-electron chi connectivity index (χ3n) is 3.89. The maximum atomic E-state index is 12.7. The molecule has 2 atom stereocenters. The second-order valence-corrected chi connectivity index (χ2v) is 5.85. The highest BCUT2D eigenvalue weighted by atomic mass is 35.5. The van der Waals surface area contributed by atoms with Gasteiger partial charge in [0, 0.05) is 28.4 Å². The molecule has 2 N–H and O–H groups in total. The Kier molecular flexibility index (Phi) is 4.51. The average Bonchev–Trinajstić information content (AvgIpc) is 2.62. The summed E-state index contributed by atoms with van der Waals surface area (Å²) in [5.74, 6) is -0.419. The molecule has 0 aliphatic carbocycles. The largest absolute Gasteiger partial charge is 0.464 e. The summed E-state index contributed by atoms with van der Waals surface area (Å²) in [5.41, 5.74) is 6.57. The predicted molar refractivity (Wildman–Crippen MR) is 84.3 cm³/mol. The van der Waals surface area contributed by atoms with E-state index in [0.29, 0.717) is 15.6 Å². The monoisotopic (exact) mass is 328 g/mol. The standard InChI is InChI=1S/C15H18Cl2N2O2/c1-4-21-14(20)15(13(18)7-9(2)19(15)3)11-6-5-10(16)8-12(11)17/h5-8,13H,4,18H2,1-3H3. The average molecular weight is 329 g/mol. The van der Waals surface area contributed by atoms with Gasteiger partial charge in [-0.05, 0) is 32.1 Å². The Balaban J connectivity index is 2.65. The third-order valence-corrected chi connectivity index (χ3v) is 4.44. The van der Waals surface area contributed by atoms with Crippen molar-refractivity contribution in [2.24, 2.45) is 5.73 Å². The highest BCUT2D eigenvalue weighted by Gasteiger charge is 2.54. The molecule has 0 radical (unpaired) electrons. The van der Waals surface area contributed by atoms with Crippen molar-refractivity contribution in [2.45, 2.75) is 25.4 Å². The van der Waals surface area contributed by atoms with Gasteiger partial charge >= 0.3 is 5.97 Å². The Labute approximate surface area is 134 Å². The minimum atomic E-state index is -1.16. The summed E-state index contributed by atoms with van der Waals surface area (Å²) in [6, 6.07) is 4.47. The first-order valence-electron chi connectivity index (χ1n) is 6.66. The molecule has 2 rings (SSSR count). The summed E-state index contributed by atoms with van der Waals surface area (Å²) in [6.45, 7) is 3.92. The van der Waals surface area contributed by atoms with Crippen LogP contribution < -0.4 is 5.73 Å². The van der Waals surface area contributed by atoms with Crippen molar-refractivity contribution >= 4 is 29.2 Å². The maximum absolute atomic E-state index is 12.7. The fourth-order valence-electron chi connectivity index (χ4n) is 2.78. The van der Waals surface area contributed by atoms with E-state index < -0.39 is 17.6 Å². The molecule has 2 unspecified atom stereocenters. The Morgan fingerprint density at radius 2 is 2.14 bits per heavy atom. The molecule has 0 fully saturated rings. The van der Waals surface area contributed by atoms with Crippen molar-refractivity contribution in [2.75, 3.05) is 13.7 Å². The van der Waals surface area contributed by atoms with Gasteiger partial charge < -0.3 is 15.4 Å². The number of carbonyl (C=O) groups is 1. The number of likely N-dealkylation sites (N-methyl/N-ethyl adjacent to an activating group) is 1. The molecule has 1 aliphatic rings. The first kappa shape index (κ1) is 16.1. The molecule has 0 spiro atoms. The van der Waals surface area contributed by atoms with Crippen LogP contribution in [0.4, 0.5) is 0 Å². The number of esters is 1. The SMILES string of the molecule is CCOC(=O)C1(c2ccc(Cl)cc2Cl)C(N)C=C(C)N1C. The van der Waals surface area contributed by atoms with Gasteiger partial charge in [-0.2, -0.15) is 0 Å². The van der Waals surface area contributed by atoms with E-state index in [2.05, 4.69) is 0 Å². The van der Waals surface area contributed by atoms with Crippen LogP contribution in [0.3, 0.4) is 0 Å². The molecular formula is C15H18Cl2N2O2.